The van der Waals surface area contributed by atoms with Gasteiger partial charge in [-0.3, -0.25) is 16.0 Å². The monoisotopic (exact) mass is 288 g/mol. The van der Waals surface area contributed by atoms with Gasteiger partial charge in [0.1, 0.15) is 0 Å². The lowest BCUT2D eigenvalue weighted by molar-refractivity contribution is 0.0774. The Morgan fingerprint density at radius 1 is 1.48 bits per heavy atom. The van der Waals surface area contributed by atoms with E-state index in [1.54, 1.807) is 0 Å². The van der Waals surface area contributed by atoms with Crippen LogP contribution in [0, 0.1) is 5.92 Å². The van der Waals surface area contributed by atoms with Gasteiger partial charge in [0.2, 0.25) is 0 Å². The molecular weight excluding hydrogens is 264 g/mol. The van der Waals surface area contributed by atoms with Crippen molar-refractivity contribution in [1.82, 2.24) is 15.2 Å². The third kappa shape index (κ3) is 2.69. The minimum absolute atomic E-state index is 0.204. The zero-order valence-electron chi connectivity index (χ0n) is 12.7. The van der Waals surface area contributed by atoms with Crippen LogP contribution in [0.1, 0.15) is 25.5 Å². The van der Waals surface area contributed by atoms with Gasteiger partial charge in [-0.05, 0) is 18.9 Å². The summed E-state index contributed by atoms with van der Waals surface area (Å²) in [5, 5.41) is 5.90. The van der Waals surface area contributed by atoms with Gasteiger partial charge in [0.05, 0.1) is 17.3 Å². The van der Waals surface area contributed by atoms with E-state index in [1.807, 2.05) is 17.8 Å². The van der Waals surface area contributed by atoms with E-state index < -0.39 is 0 Å². The molecule has 2 aromatic rings. The molecule has 1 aromatic carbocycles. The standard InChI is InChI=1S/C16H24N4O/c1-3-16-12(8-9-21-16)13(18-17)10-14-11-6-4-5-7-15(11)20(2)19-14/h4-7,12-13,16,18H,3,8-10,17H2,1-2H3. The first-order valence-corrected chi connectivity index (χ1v) is 7.73. The van der Waals surface area contributed by atoms with Crippen LogP contribution < -0.4 is 11.3 Å². The molecule has 5 heteroatoms. The Morgan fingerprint density at radius 3 is 3.05 bits per heavy atom. The van der Waals surface area contributed by atoms with E-state index >= 15 is 0 Å². The third-order valence-corrected chi connectivity index (χ3v) is 4.64. The van der Waals surface area contributed by atoms with Gasteiger partial charge in [0.15, 0.2) is 0 Å². The highest BCUT2D eigenvalue weighted by molar-refractivity contribution is 5.81. The van der Waals surface area contributed by atoms with Gasteiger partial charge >= 0.3 is 0 Å². The van der Waals surface area contributed by atoms with Crippen LogP contribution in [-0.2, 0) is 18.2 Å². The Labute approximate surface area is 125 Å². The van der Waals surface area contributed by atoms with E-state index in [1.165, 1.54) is 5.39 Å². The van der Waals surface area contributed by atoms with Crippen molar-refractivity contribution in [3.63, 3.8) is 0 Å². The molecule has 3 N–H and O–H groups in total. The van der Waals surface area contributed by atoms with Gasteiger partial charge < -0.3 is 4.74 Å². The van der Waals surface area contributed by atoms with Gasteiger partial charge in [0.25, 0.3) is 0 Å². The predicted octanol–water partition coefficient (Wildman–Crippen LogP) is 1.76. The number of benzene rings is 1. The fourth-order valence-corrected chi connectivity index (χ4v) is 3.53. The first-order valence-electron chi connectivity index (χ1n) is 7.73. The van der Waals surface area contributed by atoms with Crippen LogP contribution in [0.5, 0.6) is 0 Å². The first kappa shape index (κ1) is 14.5. The van der Waals surface area contributed by atoms with Crippen LogP contribution in [0.25, 0.3) is 10.9 Å². The van der Waals surface area contributed by atoms with Crippen molar-refractivity contribution in [3.05, 3.63) is 30.0 Å². The van der Waals surface area contributed by atoms with Crippen LogP contribution in [0.2, 0.25) is 0 Å². The summed E-state index contributed by atoms with van der Waals surface area (Å²) in [6, 6.07) is 8.55. The molecule has 0 amide bonds. The SMILES string of the molecule is CCC1OCCC1C(Cc1nn(C)c2ccccc12)NN. The second-order valence-electron chi connectivity index (χ2n) is 5.83. The number of para-hydroxylation sites is 1. The molecule has 1 saturated heterocycles. The lowest BCUT2D eigenvalue weighted by Gasteiger charge is -2.26. The lowest BCUT2D eigenvalue weighted by atomic mass is 9.88. The molecule has 0 bridgehead atoms. The summed E-state index contributed by atoms with van der Waals surface area (Å²) in [6.45, 7) is 3.01. The van der Waals surface area contributed by atoms with Crippen LogP contribution in [0.15, 0.2) is 24.3 Å². The second-order valence-corrected chi connectivity index (χ2v) is 5.83. The number of nitrogens with one attached hydrogen (secondary N) is 1. The number of aryl methyl sites for hydroxylation is 1. The zero-order valence-corrected chi connectivity index (χ0v) is 12.7. The second kappa shape index (κ2) is 6.13. The molecule has 21 heavy (non-hydrogen) atoms. The van der Waals surface area contributed by atoms with Crippen molar-refractivity contribution in [2.75, 3.05) is 6.61 Å². The molecule has 114 valence electrons. The molecule has 0 aliphatic carbocycles. The number of hydrogen-bond acceptors (Lipinski definition) is 4. The van der Waals surface area contributed by atoms with Gasteiger partial charge in [-0.1, -0.05) is 25.1 Å². The quantitative estimate of drug-likeness (QED) is 0.650. The van der Waals surface area contributed by atoms with E-state index in [0.717, 1.165) is 37.1 Å². The number of hydrogen-bond donors (Lipinski definition) is 2. The van der Waals surface area contributed by atoms with Crippen molar-refractivity contribution in [2.24, 2.45) is 18.8 Å². The van der Waals surface area contributed by atoms with Crippen LogP contribution in [-0.4, -0.2) is 28.5 Å². The number of ether oxygens (including phenoxy) is 1. The molecule has 0 spiro atoms. The van der Waals surface area contributed by atoms with E-state index in [9.17, 15) is 0 Å². The fraction of sp³-hybridized carbons (Fsp3) is 0.562. The van der Waals surface area contributed by atoms with Crippen LogP contribution in [0.4, 0.5) is 0 Å². The summed E-state index contributed by atoms with van der Waals surface area (Å²) in [7, 11) is 1.99. The molecule has 1 aliphatic heterocycles. The Kier molecular flexibility index (Phi) is 4.24. The molecule has 1 fully saturated rings. The molecule has 3 atom stereocenters. The number of rotatable bonds is 5. The van der Waals surface area contributed by atoms with E-state index in [0.29, 0.717) is 12.0 Å². The average molecular weight is 288 g/mol. The Balaban J connectivity index is 1.86. The Hall–Kier alpha value is -1.43. The predicted molar refractivity (Wildman–Crippen MR) is 83.7 cm³/mol. The third-order valence-electron chi connectivity index (χ3n) is 4.64. The summed E-state index contributed by atoms with van der Waals surface area (Å²) in [5.74, 6) is 6.29. The molecule has 2 heterocycles. The summed E-state index contributed by atoms with van der Waals surface area (Å²) in [4.78, 5) is 0. The van der Waals surface area contributed by atoms with Crippen molar-refractivity contribution >= 4 is 10.9 Å². The van der Waals surface area contributed by atoms with E-state index in [4.69, 9.17) is 10.6 Å². The van der Waals surface area contributed by atoms with E-state index in [-0.39, 0.29) is 6.04 Å². The normalized spacial score (nSPS) is 23.8. The summed E-state index contributed by atoms with van der Waals surface area (Å²) >= 11 is 0. The molecule has 1 aliphatic rings. The highest BCUT2D eigenvalue weighted by Gasteiger charge is 2.33. The number of aromatic nitrogens is 2. The van der Waals surface area contributed by atoms with Crippen LogP contribution in [0.3, 0.4) is 0 Å². The van der Waals surface area contributed by atoms with E-state index in [2.05, 4.69) is 35.6 Å². The maximum Gasteiger partial charge on any atom is 0.0719 e. The lowest BCUT2D eigenvalue weighted by Crippen LogP contribution is -2.45. The fourth-order valence-electron chi connectivity index (χ4n) is 3.53. The van der Waals surface area contributed by atoms with Crippen molar-refractivity contribution in [3.8, 4) is 0 Å². The molecular formula is C16H24N4O. The average Bonchev–Trinajstić information content (AvgIpc) is 3.10. The maximum absolute atomic E-state index is 5.83. The van der Waals surface area contributed by atoms with Crippen LogP contribution >= 0.6 is 0 Å². The van der Waals surface area contributed by atoms with Gasteiger partial charge in [-0.2, -0.15) is 5.10 Å². The number of nitrogens with two attached hydrogens (primary N) is 1. The molecule has 0 radical (unpaired) electrons. The minimum Gasteiger partial charge on any atom is -0.378 e. The highest BCUT2D eigenvalue weighted by atomic mass is 16.5. The largest absolute Gasteiger partial charge is 0.378 e. The zero-order chi connectivity index (χ0) is 14.8. The maximum atomic E-state index is 5.83. The van der Waals surface area contributed by atoms with Gasteiger partial charge in [-0.15, -0.1) is 0 Å². The van der Waals surface area contributed by atoms with Crippen molar-refractivity contribution < 1.29 is 4.74 Å². The van der Waals surface area contributed by atoms with Crippen molar-refractivity contribution in [1.29, 1.82) is 0 Å². The van der Waals surface area contributed by atoms with Crippen molar-refractivity contribution in [2.45, 2.75) is 38.3 Å². The molecule has 3 unspecified atom stereocenters. The topological polar surface area (TPSA) is 65.1 Å². The smallest absolute Gasteiger partial charge is 0.0719 e. The summed E-state index contributed by atoms with van der Waals surface area (Å²) < 4.78 is 7.75. The molecule has 3 rings (SSSR count). The summed E-state index contributed by atoms with van der Waals surface area (Å²) in [6.07, 6.45) is 3.24. The molecule has 1 aromatic heterocycles. The summed E-state index contributed by atoms with van der Waals surface area (Å²) in [5.41, 5.74) is 5.28. The minimum atomic E-state index is 0.204. The number of nitrogens with zero attached hydrogens (tertiary/aromatic N) is 2. The molecule has 0 saturated carbocycles. The Morgan fingerprint density at radius 2 is 2.29 bits per heavy atom. The Bertz CT molecular complexity index is 609. The van der Waals surface area contributed by atoms with Gasteiger partial charge in [-0.25, -0.2) is 0 Å². The molecule has 5 nitrogen and oxygen atoms in total. The first-order chi connectivity index (χ1) is 10.2. The number of hydrazine groups is 1. The highest BCUT2D eigenvalue weighted by Crippen LogP contribution is 2.29. The number of fused-ring (bicyclic) bond motifs is 1. The van der Waals surface area contributed by atoms with Gasteiger partial charge in [0, 0.05) is 37.4 Å².